The fourth-order valence-corrected chi connectivity index (χ4v) is 2.53. The van der Waals surface area contributed by atoms with Gasteiger partial charge < -0.3 is 4.74 Å². The molecule has 0 aliphatic carbocycles. The summed E-state index contributed by atoms with van der Waals surface area (Å²) in [5.74, 6) is -0.667. The van der Waals surface area contributed by atoms with Crippen LogP contribution in [0.4, 0.5) is 10.1 Å². The van der Waals surface area contributed by atoms with Crippen LogP contribution in [0.25, 0.3) is 0 Å². The van der Waals surface area contributed by atoms with Gasteiger partial charge in [-0.05, 0) is 41.1 Å². The summed E-state index contributed by atoms with van der Waals surface area (Å²) in [4.78, 5) is 0. The van der Waals surface area contributed by atoms with Crippen LogP contribution >= 0.6 is 15.9 Å². The molecule has 4 nitrogen and oxygen atoms in total. The van der Waals surface area contributed by atoms with Crippen LogP contribution in [-0.4, -0.2) is 27.4 Å². The summed E-state index contributed by atoms with van der Waals surface area (Å²) in [6, 6.07) is 3.79. The molecule has 0 amide bonds. The lowest BCUT2D eigenvalue weighted by Crippen LogP contribution is -2.20. The summed E-state index contributed by atoms with van der Waals surface area (Å²) in [6.07, 6.45) is 0. The van der Waals surface area contributed by atoms with Crippen LogP contribution in [0.3, 0.4) is 0 Å². The van der Waals surface area contributed by atoms with E-state index in [1.807, 2.05) is 0 Å². The Hall–Kier alpha value is -0.660. The third kappa shape index (κ3) is 5.01. The zero-order valence-corrected chi connectivity index (χ0v) is 11.6. The van der Waals surface area contributed by atoms with E-state index in [0.717, 1.165) is 6.07 Å². The van der Waals surface area contributed by atoms with Gasteiger partial charge in [-0.25, -0.2) is 12.8 Å². The van der Waals surface area contributed by atoms with Gasteiger partial charge >= 0.3 is 0 Å². The number of rotatable bonds is 6. The van der Waals surface area contributed by atoms with E-state index < -0.39 is 15.8 Å². The number of hydrogen-bond donors (Lipinski definition) is 1. The standard InChI is InChI=1S/C10H13BrFNO3S/c1-2-16-5-6-17(14,15)13-10-7-8(12)3-4-9(10)11/h3-4,7,13H,2,5-6H2,1H3. The first kappa shape index (κ1) is 14.4. The monoisotopic (exact) mass is 325 g/mol. The Morgan fingerprint density at radius 3 is 2.82 bits per heavy atom. The third-order valence-electron chi connectivity index (χ3n) is 1.89. The van der Waals surface area contributed by atoms with Crippen molar-refractivity contribution in [3.63, 3.8) is 0 Å². The number of nitrogens with one attached hydrogen (secondary N) is 1. The Balaban J connectivity index is 2.72. The van der Waals surface area contributed by atoms with Crippen LogP contribution < -0.4 is 4.72 Å². The van der Waals surface area contributed by atoms with Crippen LogP contribution in [-0.2, 0) is 14.8 Å². The maximum Gasteiger partial charge on any atom is 0.235 e. The first-order chi connectivity index (χ1) is 7.94. The zero-order valence-electron chi connectivity index (χ0n) is 9.24. The molecule has 0 aliphatic rings. The van der Waals surface area contributed by atoms with Gasteiger partial charge in [0.1, 0.15) is 5.82 Å². The molecule has 0 bridgehead atoms. The second-order valence-corrected chi connectivity index (χ2v) is 5.94. The molecule has 0 saturated carbocycles. The Labute approximate surface area is 108 Å². The molecule has 1 aromatic carbocycles. The highest BCUT2D eigenvalue weighted by atomic mass is 79.9. The molecule has 96 valence electrons. The van der Waals surface area contributed by atoms with Gasteiger partial charge in [0.15, 0.2) is 0 Å². The minimum absolute atomic E-state index is 0.110. The van der Waals surface area contributed by atoms with E-state index in [2.05, 4.69) is 20.7 Å². The van der Waals surface area contributed by atoms with E-state index in [9.17, 15) is 12.8 Å². The van der Waals surface area contributed by atoms with Gasteiger partial charge in [0.25, 0.3) is 0 Å². The number of sulfonamides is 1. The molecule has 0 spiro atoms. The van der Waals surface area contributed by atoms with E-state index in [0.29, 0.717) is 11.1 Å². The van der Waals surface area contributed by atoms with E-state index >= 15 is 0 Å². The van der Waals surface area contributed by atoms with Crippen LogP contribution in [0, 0.1) is 5.82 Å². The largest absolute Gasteiger partial charge is 0.381 e. The van der Waals surface area contributed by atoms with E-state index in [1.165, 1.54) is 12.1 Å². The van der Waals surface area contributed by atoms with Crippen LogP contribution in [0.15, 0.2) is 22.7 Å². The normalized spacial score (nSPS) is 11.5. The van der Waals surface area contributed by atoms with Crippen LogP contribution in [0.1, 0.15) is 6.92 Å². The topological polar surface area (TPSA) is 55.4 Å². The molecule has 0 aliphatic heterocycles. The van der Waals surface area contributed by atoms with Crippen molar-refractivity contribution in [3.8, 4) is 0 Å². The van der Waals surface area contributed by atoms with Crippen molar-refractivity contribution >= 4 is 31.6 Å². The quantitative estimate of drug-likeness (QED) is 0.817. The molecule has 0 saturated heterocycles. The first-order valence-electron chi connectivity index (χ1n) is 4.98. The minimum Gasteiger partial charge on any atom is -0.381 e. The second-order valence-electron chi connectivity index (χ2n) is 3.24. The van der Waals surface area contributed by atoms with Gasteiger partial charge in [-0.15, -0.1) is 0 Å². The van der Waals surface area contributed by atoms with Crippen molar-refractivity contribution in [2.75, 3.05) is 23.7 Å². The van der Waals surface area contributed by atoms with Crippen molar-refractivity contribution in [3.05, 3.63) is 28.5 Å². The first-order valence-corrected chi connectivity index (χ1v) is 7.42. The number of benzene rings is 1. The lowest BCUT2D eigenvalue weighted by Gasteiger charge is -2.09. The number of anilines is 1. The Morgan fingerprint density at radius 2 is 2.18 bits per heavy atom. The van der Waals surface area contributed by atoms with E-state index in [1.54, 1.807) is 6.92 Å². The molecule has 0 fully saturated rings. The fraction of sp³-hybridized carbons (Fsp3) is 0.400. The van der Waals surface area contributed by atoms with Gasteiger partial charge in [0.2, 0.25) is 10.0 Å². The van der Waals surface area contributed by atoms with Crippen LogP contribution in [0.5, 0.6) is 0 Å². The Bertz CT molecular complexity index is 478. The molecule has 1 aromatic rings. The second kappa shape index (κ2) is 6.32. The predicted molar refractivity (Wildman–Crippen MR) is 68.0 cm³/mol. The molecule has 0 heterocycles. The summed E-state index contributed by atoms with van der Waals surface area (Å²) in [5, 5.41) is 0. The molecule has 1 rings (SSSR count). The van der Waals surface area contributed by atoms with Gasteiger partial charge in [-0.1, -0.05) is 0 Å². The lowest BCUT2D eigenvalue weighted by molar-refractivity contribution is 0.163. The summed E-state index contributed by atoms with van der Waals surface area (Å²) in [5.41, 5.74) is 0.182. The molecule has 0 aromatic heterocycles. The molecule has 0 atom stereocenters. The number of ether oxygens (including phenoxy) is 1. The van der Waals surface area contributed by atoms with Crippen molar-refractivity contribution in [1.29, 1.82) is 0 Å². The average Bonchev–Trinajstić information content (AvgIpc) is 2.23. The Kier molecular flexibility index (Phi) is 5.35. The van der Waals surface area contributed by atoms with Gasteiger partial charge in [0, 0.05) is 11.1 Å². The molecule has 0 unspecified atom stereocenters. The number of halogens is 2. The molecule has 1 N–H and O–H groups in total. The van der Waals surface area contributed by atoms with Crippen molar-refractivity contribution in [2.24, 2.45) is 0 Å². The Morgan fingerprint density at radius 1 is 1.47 bits per heavy atom. The molecule has 0 radical (unpaired) electrons. The lowest BCUT2D eigenvalue weighted by atomic mass is 10.3. The predicted octanol–water partition coefficient (Wildman–Crippen LogP) is 2.37. The molecular formula is C10H13BrFNO3S. The molecular weight excluding hydrogens is 313 g/mol. The molecule has 17 heavy (non-hydrogen) atoms. The minimum atomic E-state index is -3.52. The maximum atomic E-state index is 12.9. The third-order valence-corrected chi connectivity index (χ3v) is 3.82. The number of hydrogen-bond acceptors (Lipinski definition) is 3. The maximum absolute atomic E-state index is 12.9. The summed E-state index contributed by atoms with van der Waals surface area (Å²) >= 11 is 3.14. The summed E-state index contributed by atoms with van der Waals surface area (Å²) in [7, 11) is -3.52. The highest BCUT2D eigenvalue weighted by molar-refractivity contribution is 9.10. The average molecular weight is 326 g/mol. The van der Waals surface area contributed by atoms with E-state index in [4.69, 9.17) is 4.74 Å². The molecule has 7 heteroatoms. The van der Waals surface area contributed by atoms with Crippen molar-refractivity contribution in [1.82, 2.24) is 0 Å². The smallest absolute Gasteiger partial charge is 0.235 e. The summed E-state index contributed by atoms with van der Waals surface area (Å²) in [6.45, 7) is 2.35. The van der Waals surface area contributed by atoms with Gasteiger partial charge in [-0.3, -0.25) is 4.72 Å². The highest BCUT2D eigenvalue weighted by Crippen LogP contribution is 2.24. The van der Waals surface area contributed by atoms with Gasteiger partial charge in [0.05, 0.1) is 18.0 Å². The highest BCUT2D eigenvalue weighted by Gasteiger charge is 2.12. The SMILES string of the molecule is CCOCCS(=O)(=O)Nc1cc(F)ccc1Br. The van der Waals surface area contributed by atoms with Crippen LogP contribution in [0.2, 0.25) is 0 Å². The van der Waals surface area contributed by atoms with Crippen molar-refractivity contribution < 1.29 is 17.5 Å². The fourth-order valence-electron chi connectivity index (χ4n) is 1.11. The zero-order chi connectivity index (χ0) is 12.9. The summed E-state index contributed by atoms with van der Waals surface area (Å²) < 4.78 is 43.9. The van der Waals surface area contributed by atoms with Gasteiger partial charge in [-0.2, -0.15) is 0 Å². The van der Waals surface area contributed by atoms with E-state index in [-0.39, 0.29) is 18.0 Å². The van der Waals surface area contributed by atoms with Crippen molar-refractivity contribution in [2.45, 2.75) is 6.92 Å².